The zero-order valence-electron chi connectivity index (χ0n) is 55.5. The molecule has 0 atom stereocenters. The third-order valence-electron chi connectivity index (χ3n) is 20.9. The number of hydrogen-bond donors (Lipinski definition) is 0. The van der Waals surface area contributed by atoms with Gasteiger partial charge in [-0.05, 0) is 182 Å². The van der Waals surface area contributed by atoms with Gasteiger partial charge in [-0.15, -0.1) is 22.7 Å². The molecule has 0 amide bonds. The first-order valence-electron chi connectivity index (χ1n) is 34.9. The number of nitrogens with zero attached hydrogens (tertiary/aromatic N) is 2. The van der Waals surface area contributed by atoms with Crippen LogP contribution in [0.2, 0.25) is 0 Å². The molecule has 476 valence electrons. The number of anilines is 6. The zero-order chi connectivity index (χ0) is 67.2. The van der Waals surface area contributed by atoms with E-state index in [9.17, 15) is 0 Å². The molecule has 21 aromatic rings. The summed E-state index contributed by atoms with van der Waals surface area (Å²) in [5.41, 5.74) is 14.2. The van der Waals surface area contributed by atoms with Crippen LogP contribution in [0, 0.1) is 0 Å². The Hall–Kier alpha value is -12.7. The lowest BCUT2D eigenvalue weighted by Gasteiger charge is -2.28. The van der Waals surface area contributed by atoms with E-state index in [-0.39, 0.29) is 0 Å². The average molecular weight is 1330 g/mol. The molecule has 2 heterocycles. The van der Waals surface area contributed by atoms with Crippen molar-refractivity contribution < 1.29 is 0 Å². The Kier molecular flexibility index (Phi) is 14.3. The second-order valence-corrected chi connectivity index (χ2v) is 28.7. The summed E-state index contributed by atoms with van der Waals surface area (Å²) in [7, 11) is 0. The first-order chi connectivity index (χ1) is 50.5. The SMILES string of the molecule is c1ccc2c(-c3ccc(-c4ccc(N(c5ccc6ccc7c8ccccc8sc7c6c5)c5cc6ccccc6c6ccccc56)cc4)cc3)cccc2c1.c1ccc2c(-c3ccc(N(c4ccc5c(ccc6ccccc65)c4)c4ccc5ccc6c7ccccc7sc6c5c4)cc3)cccc2c1. The molecule has 0 fully saturated rings. The van der Waals surface area contributed by atoms with E-state index in [1.165, 1.54) is 166 Å². The predicted octanol–water partition coefficient (Wildman–Crippen LogP) is 29.3. The van der Waals surface area contributed by atoms with Crippen molar-refractivity contribution in [2.45, 2.75) is 0 Å². The van der Waals surface area contributed by atoms with E-state index in [1.807, 2.05) is 22.7 Å². The number of benzene rings is 19. The molecule has 0 saturated heterocycles. The summed E-state index contributed by atoms with van der Waals surface area (Å²) < 4.78 is 5.32. The van der Waals surface area contributed by atoms with E-state index in [1.54, 1.807) is 0 Å². The fourth-order valence-corrected chi connectivity index (χ4v) is 18.3. The topological polar surface area (TPSA) is 6.48 Å². The third kappa shape index (κ3) is 10.2. The lowest BCUT2D eigenvalue weighted by atomic mass is 9.96. The van der Waals surface area contributed by atoms with Crippen LogP contribution in [0.1, 0.15) is 0 Å². The van der Waals surface area contributed by atoms with Crippen LogP contribution in [0.5, 0.6) is 0 Å². The lowest BCUT2D eigenvalue weighted by molar-refractivity contribution is 1.30. The van der Waals surface area contributed by atoms with Crippen molar-refractivity contribution in [2.75, 3.05) is 9.80 Å². The maximum absolute atomic E-state index is 2.45. The standard InChI is InChI=1S/C52H33NS.C46H29NS/c1-3-13-42-36(10-1)12-9-18-43(42)37-22-20-34(21-23-37)35-24-28-40(29-25-35)53(50-32-39-11-2-4-14-44(39)45-15-5-6-16-46(45)50)41-30-26-38-27-31-48-47-17-7-8-19-51(47)54-52(48)49(38)33-41;1-3-11-38-30(8-1)10-7-14-40(38)32-18-22-35(23-19-32)47(36-25-27-41-34(28-36)17-16-31-9-2-4-12-39(31)41)37-24-20-33-21-26-43-42-13-5-6-15-45(42)48-46(43)44(33)29-37/h1-33H;1-29H. The van der Waals surface area contributed by atoms with Gasteiger partial charge in [0.1, 0.15) is 0 Å². The molecule has 0 aliphatic heterocycles. The Bertz CT molecular complexity index is 6870. The number of thiophene rings is 2. The molecule has 0 unspecified atom stereocenters. The highest BCUT2D eigenvalue weighted by molar-refractivity contribution is 7.27. The molecule has 0 N–H and O–H groups in total. The van der Waals surface area contributed by atoms with E-state index in [0.29, 0.717) is 0 Å². The Balaban J connectivity index is 0.000000138. The van der Waals surface area contributed by atoms with Crippen LogP contribution in [-0.4, -0.2) is 0 Å². The van der Waals surface area contributed by atoms with Crippen molar-refractivity contribution in [1.29, 1.82) is 0 Å². The summed E-state index contributed by atoms with van der Waals surface area (Å²) in [6, 6.07) is 138. The van der Waals surface area contributed by atoms with Crippen molar-refractivity contribution in [2.24, 2.45) is 0 Å². The summed E-state index contributed by atoms with van der Waals surface area (Å²) in [6.45, 7) is 0. The van der Waals surface area contributed by atoms with E-state index >= 15 is 0 Å². The highest BCUT2D eigenvalue weighted by Crippen LogP contribution is 2.48. The van der Waals surface area contributed by atoms with Gasteiger partial charge in [0, 0.05) is 84.9 Å². The van der Waals surface area contributed by atoms with Crippen LogP contribution < -0.4 is 9.80 Å². The van der Waals surface area contributed by atoms with Crippen LogP contribution in [0.15, 0.2) is 376 Å². The van der Waals surface area contributed by atoms with Crippen LogP contribution in [-0.2, 0) is 0 Å². The molecule has 0 saturated carbocycles. The monoisotopic (exact) mass is 1330 g/mol. The highest BCUT2D eigenvalue weighted by Gasteiger charge is 2.22. The maximum Gasteiger partial charge on any atom is 0.0546 e. The van der Waals surface area contributed by atoms with Crippen molar-refractivity contribution in [1.82, 2.24) is 0 Å². The fraction of sp³-hybridized carbons (Fsp3) is 0. The second-order valence-electron chi connectivity index (χ2n) is 26.6. The van der Waals surface area contributed by atoms with Crippen LogP contribution in [0.4, 0.5) is 34.1 Å². The van der Waals surface area contributed by atoms with Gasteiger partial charge in [0.25, 0.3) is 0 Å². The first-order valence-corrected chi connectivity index (χ1v) is 36.6. The van der Waals surface area contributed by atoms with Gasteiger partial charge in [-0.2, -0.15) is 0 Å². The summed E-state index contributed by atoms with van der Waals surface area (Å²) >= 11 is 3.78. The quantitative estimate of drug-likeness (QED) is 0.133. The lowest BCUT2D eigenvalue weighted by Crippen LogP contribution is -2.10. The summed E-state index contributed by atoms with van der Waals surface area (Å²) in [5, 5.41) is 25.5. The molecule has 0 spiro atoms. The molecule has 2 nitrogen and oxygen atoms in total. The minimum absolute atomic E-state index is 1.12. The van der Waals surface area contributed by atoms with Crippen molar-refractivity contribution in [3.05, 3.63) is 376 Å². The van der Waals surface area contributed by atoms with Crippen LogP contribution in [0.3, 0.4) is 0 Å². The third-order valence-corrected chi connectivity index (χ3v) is 23.3. The van der Waals surface area contributed by atoms with Crippen molar-refractivity contribution >= 4 is 183 Å². The number of fused-ring (bicyclic) bond motifs is 18. The summed E-state index contributed by atoms with van der Waals surface area (Å²) in [4.78, 5) is 4.86. The van der Waals surface area contributed by atoms with Gasteiger partial charge < -0.3 is 9.80 Å². The normalized spacial score (nSPS) is 11.7. The molecule has 2 aromatic heterocycles. The van der Waals surface area contributed by atoms with Gasteiger partial charge in [-0.3, -0.25) is 0 Å². The highest BCUT2D eigenvalue weighted by atomic mass is 32.1. The Morgan fingerprint density at radius 3 is 1.06 bits per heavy atom. The van der Waals surface area contributed by atoms with E-state index in [2.05, 4.69) is 386 Å². The molecule has 21 rings (SSSR count). The van der Waals surface area contributed by atoms with Crippen LogP contribution in [0.25, 0.3) is 160 Å². The van der Waals surface area contributed by atoms with E-state index in [4.69, 9.17) is 0 Å². The molecule has 0 bridgehead atoms. The molecular weight excluding hydrogens is 1270 g/mol. The van der Waals surface area contributed by atoms with Gasteiger partial charge >= 0.3 is 0 Å². The Morgan fingerprint density at radius 2 is 0.490 bits per heavy atom. The second kappa shape index (κ2) is 24.6. The molecular formula is C98H62N2S2. The molecule has 0 aliphatic carbocycles. The molecule has 0 aliphatic rings. The van der Waals surface area contributed by atoms with Crippen molar-refractivity contribution in [3.8, 4) is 33.4 Å². The molecule has 19 aromatic carbocycles. The summed E-state index contributed by atoms with van der Waals surface area (Å²) in [5.74, 6) is 0. The smallest absolute Gasteiger partial charge is 0.0546 e. The molecule has 0 radical (unpaired) electrons. The largest absolute Gasteiger partial charge is 0.310 e. The zero-order valence-corrected chi connectivity index (χ0v) is 57.1. The molecule has 4 heteroatoms. The van der Waals surface area contributed by atoms with Gasteiger partial charge in [-0.25, -0.2) is 0 Å². The number of hydrogen-bond acceptors (Lipinski definition) is 4. The fourth-order valence-electron chi connectivity index (χ4n) is 15.9. The number of rotatable bonds is 9. The maximum atomic E-state index is 2.45. The van der Waals surface area contributed by atoms with Gasteiger partial charge in [0.15, 0.2) is 0 Å². The Labute approximate surface area is 598 Å². The minimum atomic E-state index is 1.12. The Morgan fingerprint density at radius 1 is 0.167 bits per heavy atom. The molecule has 102 heavy (non-hydrogen) atoms. The minimum Gasteiger partial charge on any atom is -0.310 e. The van der Waals surface area contributed by atoms with E-state index < -0.39 is 0 Å². The van der Waals surface area contributed by atoms with Crippen molar-refractivity contribution in [3.63, 3.8) is 0 Å². The van der Waals surface area contributed by atoms with E-state index in [0.717, 1.165) is 28.4 Å². The van der Waals surface area contributed by atoms with Gasteiger partial charge in [0.2, 0.25) is 0 Å². The average Bonchev–Trinajstić information content (AvgIpc) is 1.40. The summed E-state index contributed by atoms with van der Waals surface area (Å²) in [6.07, 6.45) is 0. The predicted molar refractivity (Wildman–Crippen MR) is 444 cm³/mol. The van der Waals surface area contributed by atoms with Crippen LogP contribution >= 0.6 is 22.7 Å². The van der Waals surface area contributed by atoms with Gasteiger partial charge in [0.05, 0.1) is 5.69 Å². The van der Waals surface area contributed by atoms with Gasteiger partial charge in [-0.1, -0.05) is 297 Å². The first kappa shape index (κ1) is 59.4.